The molecule has 0 saturated heterocycles. The van der Waals surface area contributed by atoms with Crippen LogP contribution < -0.4 is 0 Å². The molecule has 4 rings (SSSR count). The minimum Gasteiger partial charge on any atom is -0.465 e. The molecule has 4 aliphatic rings. The number of amides is 2. The Morgan fingerprint density at radius 3 is 2.26 bits per heavy atom. The molecule has 0 radical (unpaired) electrons. The standard InChI is InChI=1S/C26H31NO8/c1-15(28)2-3-19(29)4-7-25(32)35-14-18-10-17-11-21(18)22-9-16(8-20(17)22)13-34-26(33)12-27-23(30)5-6-24(27)31/h2-3,5-6,16-18,20-22H,4,7-14H2,1H3/b3-2-. The molecular weight excluding hydrogens is 454 g/mol. The van der Waals surface area contributed by atoms with Gasteiger partial charge in [-0.1, -0.05) is 0 Å². The molecule has 0 aromatic rings. The first-order valence-corrected chi connectivity index (χ1v) is 12.3. The lowest BCUT2D eigenvalue weighted by molar-refractivity contribution is -0.152. The number of nitrogens with zero attached hydrogens (tertiary/aromatic N) is 1. The highest BCUT2D eigenvalue weighted by Gasteiger charge is 2.56. The number of rotatable bonds is 11. The van der Waals surface area contributed by atoms with Crippen molar-refractivity contribution in [3.8, 4) is 0 Å². The van der Waals surface area contributed by atoms with Crippen molar-refractivity contribution in [1.82, 2.24) is 4.90 Å². The Bertz CT molecular complexity index is 964. The average molecular weight is 486 g/mol. The SMILES string of the molecule is CC(=O)/C=C\C(=O)CCC(=O)OCC1CC2CC1C1CC(COC(=O)CN3C(=O)C=CC3=O)CC21. The number of fused-ring (bicyclic) bond motifs is 5. The Labute approximate surface area is 203 Å². The molecule has 0 aromatic carbocycles. The zero-order chi connectivity index (χ0) is 25.1. The van der Waals surface area contributed by atoms with Crippen molar-refractivity contribution < 1.29 is 38.2 Å². The largest absolute Gasteiger partial charge is 0.465 e. The molecule has 2 bridgehead atoms. The van der Waals surface area contributed by atoms with Crippen molar-refractivity contribution >= 4 is 35.3 Å². The van der Waals surface area contributed by atoms with Crippen LogP contribution in [0.4, 0.5) is 0 Å². The van der Waals surface area contributed by atoms with Crippen LogP contribution in [-0.2, 0) is 38.2 Å². The number of ketones is 2. The molecule has 2 amide bonds. The third-order valence-corrected chi connectivity index (χ3v) is 7.91. The predicted molar refractivity (Wildman–Crippen MR) is 121 cm³/mol. The second kappa shape index (κ2) is 10.7. The second-order valence-electron chi connectivity index (χ2n) is 10.2. The Hall–Kier alpha value is -3.10. The maximum absolute atomic E-state index is 12.1. The smallest absolute Gasteiger partial charge is 0.326 e. The number of allylic oxidation sites excluding steroid dienone is 2. The average Bonchev–Trinajstić information content (AvgIpc) is 3.57. The molecule has 6 atom stereocenters. The van der Waals surface area contributed by atoms with Crippen LogP contribution in [0.3, 0.4) is 0 Å². The molecule has 0 spiro atoms. The summed E-state index contributed by atoms with van der Waals surface area (Å²) in [4.78, 5) is 70.8. The van der Waals surface area contributed by atoms with E-state index in [1.807, 2.05) is 0 Å². The molecule has 9 heteroatoms. The first-order valence-electron chi connectivity index (χ1n) is 12.3. The number of imide groups is 1. The predicted octanol–water partition coefficient (Wildman–Crippen LogP) is 1.79. The van der Waals surface area contributed by atoms with Crippen LogP contribution in [0.2, 0.25) is 0 Å². The van der Waals surface area contributed by atoms with Crippen LogP contribution in [0.5, 0.6) is 0 Å². The van der Waals surface area contributed by atoms with Gasteiger partial charge in [-0.3, -0.25) is 33.7 Å². The van der Waals surface area contributed by atoms with Crippen LogP contribution in [0.25, 0.3) is 0 Å². The zero-order valence-electron chi connectivity index (χ0n) is 19.9. The molecular formula is C26H31NO8. The van der Waals surface area contributed by atoms with E-state index in [9.17, 15) is 28.8 Å². The van der Waals surface area contributed by atoms with Gasteiger partial charge in [-0.05, 0) is 80.3 Å². The summed E-state index contributed by atoms with van der Waals surface area (Å²) in [6.07, 6.45) is 8.85. The number of hydrogen-bond donors (Lipinski definition) is 0. The van der Waals surface area contributed by atoms with Crippen molar-refractivity contribution in [1.29, 1.82) is 0 Å². The molecule has 3 fully saturated rings. The van der Waals surface area contributed by atoms with Crippen LogP contribution in [0.15, 0.2) is 24.3 Å². The van der Waals surface area contributed by atoms with E-state index in [1.165, 1.54) is 19.1 Å². The quantitative estimate of drug-likeness (QED) is 0.246. The summed E-state index contributed by atoms with van der Waals surface area (Å²) in [7, 11) is 0. The van der Waals surface area contributed by atoms with Crippen molar-refractivity contribution in [3.05, 3.63) is 24.3 Å². The number of carbonyl (C=O) groups is 6. The van der Waals surface area contributed by atoms with Gasteiger partial charge in [0.25, 0.3) is 11.8 Å². The summed E-state index contributed by atoms with van der Waals surface area (Å²) in [6.45, 7) is 1.66. The summed E-state index contributed by atoms with van der Waals surface area (Å²) >= 11 is 0. The van der Waals surface area contributed by atoms with Crippen LogP contribution >= 0.6 is 0 Å². The summed E-state index contributed by atoms with van der Waals surface area (Å²) in [5, 5.41) is 0. The van der Waals surface area contributed by atoms with Gasteiger partial charge in [-0.25, -0.2) is 0 Å². The molecule has 3 saturated carbocycles. The lowest BCUT2D eigenvalue weighted by Crippen LogP contribution is -2.36. The van der Waals surface area contributed by atoms with Crippen LogP contribution in [0, 0.1) is 35.5 Å². The number of esters is 2. The minimum absolute atomic E-state index is 0.00603. The van der Waals surface area contributed by atoms with Gasteiger partial charge in [0.05, 0.1) is 19.6 Å². The van der Waals surface area contributed by atoms with E-state index >= 15 is 0 Å². The maximum atomic E-state index is 12.1. The van der Waals surface area contributed by atoms with Gasteiger partial charge in [-0.15, -0.1) is 0 Å². The van der Waals surface area contributed by atoms with Crippen molar-refractivity contribution in [3.63, 3.8) is 0 Å². The lowest BCUT2D eigenvalue weighted by atomic mass is 9.76. The normalized spacial score (nSPS) is 30.8. The van der Waals surface area contributed by atoms with E-state index in [4.69, 9.17) is 9.47 Å². The van der Waals surface area contributed by atoms with Crippen LogP contribution in [-0.4, -0.2) is 60.0 Å². The van der Waals surface area contributed by atoms with Gasteiger partial charge in [0.2, 0.25) is 0 Å². The first kappa shape index (κ1) is 25.0. The van der Waals surface area contributed by atoms with Crippen molar-refractivity contribution in [2.75, 3.05) is 19.8 Å². The summed E-state index contributed by atoms with van der Waals surface area (Å²) in [6, 6.07) is 0. The van der Waals surface area contributed by atoms with E-state index in [-0.39, 0.29) is 36.9 Å². The highest BCUT2D eigenvalue weighted by atomic mass is 16.5. The Morgan fingerprint density at radius 1 is 0.857 bits per heavy atom. The van der Waals surface area contributed by atoms with Gasteiger partial charge < -0.3 is 9.47 Å². The van der Waals surface area contributed by atoms with E-state index < -0.39 is 23.8 Å². The summed E-state index contributed by atoms with van der Waals surface area (Å²) in [5.74, 6) is 0.358. The third-order valence-electron chi connectivity index (χ3n) is 7.91. The van der Waals surface area contributed by atoms with Crippen molar-refractivity contribution in [2.24, 2.45) is 35.5 Å². The van der Waals surface area contributed by atoms with Crippen LogP contribution in [0.1, 0.15) is 45.4 Å². The second-order valence-corrected chi connectivity index (χ2v) is 10.2. The molecule has 188 valence electrons. The molecule has 35 heavy (non-hydrogen) atoms. The maximum Gasteiger partial charge on any atom is 0.326 e. The number of hydrogen-bond acceptors (Lipinski definition) is 8. The number of carbonyl (C=O) groups excluding carboxylic acids is 6. The molecule has 1 heterocycles. The monoisotopic (exact) mass is 485 g/mol. The minimum atomic E-state index is -0.574. The molecule has 0 aromatic heterocycles. The molecule has 3 aliphatic carbocycles. The topological polar surface area (TPSA) is 124 Å². The molecule has 1 aliphatic heterocycles. The van der Waals surface area contributed by atoms with Gasteiger partial charge in [0.1, 0.15) is 6.54 Å². The molecule has 9 nitrogen and oxygen atoms in total. The van der Waals surface area contributed by atoms with Gasteiger partial charge in [0, 0.05) is 18.6 Å². The number of ether oxygens (including phenoxy) is 2. The zero-order valence-corrected chi connectivity index (χ0v) is 19.9. The van der Waals surface area contributed by atoms with Gasteiger partial charge in [-0.2, -0.15) is 0 Å². The van der Waals surface area contributed by atoms with E-state index in [0.717, 1.165) is 42.7 Å². The van der Waals surface area contributed by atoms with E-state index in [2.05, 4.69) is 0 Å². The Morgan fingerprint density at radius 2 is 1.54 bits per heavy atom. The van der Waals surface area contributed by atoms with Gasteiger partial charge >= 0.3 is 11.9 Å². The van der Waals surface area contributed by atoms with Crippen molar-refractivity contribution in [2.45, 2.75) is 45.4 Å². The third kappa shape index (κ3) is 5.94. The highest BCUT2D eigenvalue weighted by molar-refractivity contribution is 6.14. The van der Waals surface area contributed by atoms with E-state index in [1.54, 1.807) is 0 Å². The van der Waals surface area contributed by atoms with E-state index in [0.29, 0.717) is 42.8 Å². The fourth-order valence-electron chi connectivity index (χ4n) is 6.42. The fraction of sp³-hybridized carbons (Fsp3) is 0.615. The summed E-state index contributed by atoms with van der Waals surface area (Å²) in [5.41, 5.74) is 0. The Balaban J connectivity index is 1.16. The first-order chi connectivity index (χ1) is 16.7. The lowest BCUT2D eigenvalue weighted by Gasteiger charge is -2.31. The fourth-order valence-corrected chi connectivity index (χ4v) is 6.42. The summed E-state index contributed by atoms with van der Waals surface area (Å²) < 4.78 is 10.9. The molecule has 0 N–H and O–H groups in total. The molecule has 6 unspecified atom stereocenters. The Kier molecular flexibility index (Phi) is 7.62. The highest BCUT2D eigenvalue weighted by Crippen LogP contribution is 2.62. The van der Waals surface area contributed by atoms with Gasteiger partial charge in [0.15, 0.2) is 11.6 Å².